The van der Waals surface area contributed by atoms with Gasteiger partial charge in [0.15, 0.2) is 11.5 Å². The molecule has 4 rings (SSSR count). The highest BCUT2D eigenvalue weighted by molar-refractivity contribution is 5.49. The summed E-state index contributed by atoms with van der Waals surface area (Å²) in [5.41, 5.74) is 3.80. The molecular formula is C27H31NO4. The van der Waals surface area contributed by atoms with Crippen molar-refractivity contribution in [1.82, 2.24) is 4.90 Å². The first kappa shape index (κ1) is 22.0. The van der Waals surface area contributed by atoms with Crippen molar-refractivity contribution < 1.29 is 18.9 Å². The molecule has 0 saturated carbocycles. The zero-order chi connectivity index (χ0) is 22.5. The van der Waals surface area contributed by atoms with Gasteiger partial charge in [0.05, 0.1) is 27.4 Å². The molecule has 168 valence electrons. The van der Waals surface area contributed by atoms with Crippen LogP contribution in [-0.2, 0) is 6.42 Å². The summed E-state index contributed by atoms with van der Waals surface area (Å²) >= 11 is 0. The topological polar surface area (TPSA) is 40.2 Å². The molecule has 3 aromatic carbocycles. The summed E-state index contributed by atoms with van der Waals surface area (Å²) < 4.78 is 22.7. The zero-order valence-corrected chi connectivity index (χ0v) is 19.2. The molecule has 5 heteroatoms. The third kappa shape index (κ3) is 4.53. The molecule has 0 unspecified atom stereocenters. The molecular weight excluding hydrogens is 402 g/mol. The van der Waals surface area contributed by atoms with E-state index < -0.39 is 0 Å². The standard InChI is InChI=1S/C27H31NO4/c1-19(20-8-6-5-7-9-20)28-15-14-21-16-26(30-3)27(31-4)17-24(21)25(28)18-32-23-12-10-22(29-2)11-13-23/h5-13,16-17,19,25H,14-15,18H2,1-4H3/t19-,25+/m1/s1. The predicted molar refractivity (Wildman–Crippen MR) is 126 cm³/mol. The molecule has 0 fully saturated rings. The Bertz CT molecular complexity index is 1020. The van der Waals surface area contributed by atoms with Gasteiger partial charge < -0.3 is 18.9 Å². The average molecular weight is 434 g/mol. The van der Waals surface area contributed by atoms with Crippen molar-refractivity contribution in [2.24, 2.45) is 0 Å². The molecule has 2 atom stereocenters. The number of hydrogen-bond acceptors (Lipinski definition) is 5. The van der Waals surface area contributed by atoms with Crippen molar-refractivity contribution in [3.63, 3.8) is 0 Å². The van der Waals surface area contributed by atoms with Crippen LogP contribution < -0.4 is 18.9 Å². The van der Waals surface area contributed by atoms with Crippen LogP contribution in [-0.4, -0.2) is 39.4 Å². The maximum Gasteiger partial charge on any atom is 0.161 e. The van der Waals surface area contributed by atoms with E-state index in [1.54, 1.807) is 21.3 Å². The van der Waals surface area contributed by atoms with Gasteiger partial charge in [-0.3, -0.25) is 4.90 Å². The van der Waals surface area contributed by atoms with Crippen LogP contribution in [0.2, 0.25) is 0 Å². The Labute approximate surface area is 190 Å². The number of hydrogen-bond donors (Lipinski definition) is 0. The molecule has 0 aliphatic carbocycles. The van der Waals surface area contributed by atoms with Gasteiger partial charge in [-0.1, -0.05) is 30.3 Å². The van der Waals surface area contributed by atoms with Gasteiger partial charge in [0.1, 0.15) is 18.1 Å². The van der Waals surface area contributed by atoms with Crippen LogP contribution in [0.4, 0.5) is 0 Å². The summed E-state index contributed by atoms with van der Waals surface area (Å²) in [4.78, 5) is 2.52. The minimum atomic E-state index is 0.0795. The minimum absolute atomic E-state index is 0.0795. The first-order valence-corrected chi connectivity index (χ1v) is 11.0. The van der Waals surface area contributed by atoms with Gasteiger partial charge in [-0.2, -0.15) is 0 Å². The third-order valence-electron chi connectivity index (χ3n) is 6.29. The van der Waals surface area contributed by atoms with Crippen LogP contribution in [0.3, 0.4) is 0 Å². The fourth-order valence-corrected chi connectivity index (χ4v) is 4.47. The molecule has 1 aliphatic rings. The number of benzene rings is 3. The van der Waals surface area contributed by atoms with Crippen LogP contribution in [0.5, 0.6) is 23.0 Å². The summed E-state index contributed by atoms with van der Waals surface area (Å²) in [6, 6.07) is 22.9. The summed E-state index contributed by atoms with van der Waals surface area (Å²) in [5.74, 6) is 3.16. The number of rotatable bonds is 8. The maximum absolute atomic E-state index is 6.28. The van der Waals surface area contributed by atoms with Crippen LogP contribution in [0.15, 0.2) is 66.7 Å². The Morgan fingerprint density at radius 1 is 0.844 bits per heavy atom. The van der Waals surface area contributed by atoms with Crippen molar-refractivity contribution in [2.75, 3.05) is 34.5 Å². The molecule has 0 aromatic heterocycles. The van der Waals surface area contributed by atoms with Gasteiger partial charge in [0, 0.05) is 12.6 Å². The number of nitrogens with zero attached hydrogens (tertiary/aromatic N) is 1. The quantitative estimate of drug-likeness (QED) is 0.472. The van der Waals surface area contributed by atoms with Crippen LogP contribution >= 0.6 is 0 Å². The lowest BCUT2D eigenvalue weighted by Gasteiger charge is -2.41. The largest absolute Gasteiger partial charge is 0.497 e. The minimum Gasteiger partial charge on any atom is -0.497 e. The molecule has 3 aromatic rings. The molecule has 32 heavy (non-hydrogen) atoms. The lowest BCUT2D eigenvalue weighted by Crippen LogP contribution is -2.40. The highest BCUT2D eigenvalue weighted by Crippen LogP contribution is 2.41. The molecule has 0 spiro atoms. The van der Waals surface area contributed by atoms with Gasteiger partial charge >= 0.3 is 0 Å². The lowest BCUT2D eigenvalue weighted by atomic mass is 9.90. The molecule has 0 saturated heterocycles. The highest BCUT2D eigenvalue weighted by atomic mass is 16.5. The molecule has 5 nitrogen and oxygen atoms in total. The third-order valence-corrected chi connectivity index (χ3v) is 6.29. The Morgan fingerprint density at radius 2 is 1.50 bits per heavy atom. The van der Waals surface area contributed by atoms with Gasteiger partial charge in [0.25, 0.3) is 0 Å². The Hall–Kier alpha value is -3.18. The first-order chi connectivity index (χ1) is 15.6. The molecule has 1 heterocycles. The molecule has 0 radical (unpaired) electrons. The van der Waals surface area contributed by atoms with Crippen molar-refractivity contribution in [3.8, 4) is 23.0 Å². The van der Waals surface area contributed by atoms with Crippen molar-refractivity contribution in [1.29, 1.82) is 0 Å². The van der Waals surface area contributed by atoms with Gasteiger partial charge in [0.2, 0.25) is 0 Å². The van der Waals surface area contributed by atoms with Crippen LogP contribution in [0.25, 0.3) is 0 Å². The Morgan fingerprint density at radius 3 is 2.16 bits per heavy atom. The van der Waals surface area contributed by atoms with Crippen molar-refractivity contribution in [2.45, 2.75) is 25.4 Å². The summed E-state index contributed by atoms with van der Waals surface area (Å²) in [7, 11) is 5.03. The first-order valence-electron chi connectivity index (χ1n) is 11.0. The monoisotopic (exact) mass is 433 g/mol. The van der Waals surface area contributed by atoms with E-state index in [2.05, 4.69) is 54.3 Å². The summed E-state index contributed by atoms with van der Waals surface area (Å²) in [5, 5.41) is 0. The van der Waals surface area contributed by atoms with E-state index in [1.165, 1.54) is 16.7 Å². The zero-order valence-electron chi connectivity index (χ0n) is 19.2. The van der Waals surface area contributed by atoms with Crippen molar-refractivity contribution >= 4 is 0 Å². The Kier molecular flexibility index (Phi) is 6.86. The van der Waals surface area contributed by atoms with E-state index in [-0.39, 0.29) is 12.1 Å². The average Bonchev–Trinajstić information content (AvgIpc) is 2.86. The summed E-state index contributed by atoms with van der Waals surface area (Å²) in [6.45, 7) is 3.74. The SMILES string of the molecule is COc1ccc(OC[C@H]2c3cc(OC)c(OC)cc3CCN2[C@H](C)c2ccccc2)cc1. The second kappa shape index (κ2) is 9.96. The van der Waals surface area contributed by atoms with E-state index in [9.17, 15) is 0 Å². The smallest absolute Gasteiger partial charge is 0.161 e. The molecule has 1 aliphatic heterocycles. The van der Waals surface area contributed by atoms with Crippen LogP contribution in [0, 0.1) is 0 Å². The Balaban J connectivity index is 1.67. The second-order valence-corrected chi connectivity index (χ2v) is 7.98. The summed E-state index contributed by atoms with van der Waals surface area (Å²) in [6.07, 6.45) is 0.950. The molecule has 0 N–H and O–H groups in total. The fourth-order valence-electron chi connectivity index (χ4n) is 4.47. The lowest BCUT2D eigenvalue weighted by molar-refractivity contribution is 0.0887. The predicted octanol–water partition coefficient (Wildman–Crippen LogP) is 5.45. The maximum atomic E-state index is 6.28. The van der Waals surface area contributed by atoms with Crippen molar-refractivity contribution in [3.05, 3.63) is 83.4 Å². The van der Waals surface area contributed by atoms with Gasteiger partial charge in [-0.25, -0.2) is 0 Å². The van der Waals surface area contributed by atoms with Crippen LogP contribution in [0.1, 0.15) is 35.7 Å². The number of ether oxygens (including phenoxy) is 4. The normalized spacial score (nSPS) is 16.7. The highest BCUT2D eigenvalue weighted by Gasteiger charge is 2.33. The van der Waals surface area contributed by atoms with Gasteiger partial charge in [-0.15, -0.1) is 0 Å². The van der Waals surface area contributed by atoms with E-state index in [1.807, 2.05) is 24.3 Å². The van der Waals surface area contributed by atoms with Gasteiger partial charge in [-0.05, 0) is 66.4 Å². The van der Waals surface area contributed by atoms with E-state index in [4.69, 9.17) is 18.9 Å². The number of fused-ring (bicyclic) bond motifs is 1. The van der Waals surface area contributed by atoms with E-state index >= 15 is 0 Å². The number of methoxy groups -OCH3 is 3. The molecule has 0 amide bonds. The fraction of sp³-hybridized carbons (Fsp3) is 0.333. The van der Waals surface area contributed by atoms with E-state index in [0.29, 0.717) is 6.61 Å². The molecule has 0 bridgehead atoms. The second-order valence-electron chi connectivity index (χ2n) is 7.98. The van der Waals surface area contributed by atoms with E-state index in [0.717, 1.165) is 36.0 Å².